The van der Waals surface area contributed by atoms with Gasteiger partial charge in [-0.3, -0.25) is 4.79 Å². The summed E-state index contributed by atoms with van der Waals surface area (Å²) in [6.45, 7) is 6.48. The number of methoxy groups -OCH3 is 1. The van der Waals surface area contributed by atoms with E-state index in [2.05, 4.69) is 13.8 Å². The molecule has 2 saturated heterocycles. The lowest BCUT2D eigenvalue weighted by Gasteiger charge is -2.34. The van der Waals surface area contributed by atoms with E-state index >= 15 is 0 Å². The molecule has 2 aliphatic rings. The van der Waals surface area contributed by atoms with Crippen LogP contribution >= 0.6 is 0 Å². The summed E-state index contributed by atoms with van der Waals surface area (Å²) in [6.07, 6.45) is 0.763. The molecule has 20 heavy (non-hydrogen) atoms. The van der Waals surface area contributed by atoms with Crippen molar-refractivity contribution in [3.63, 3.8) is 0 Å². The van der Waals surface area contributed by atoms with Crippen molar-refractivity contribution in [2.45, 2.75) is 51.0 Å². The van der Waals surface area contributed by atoms with Crippen LogP contribution in [-0.4, -0.2) is 55.0 Å². The molecule has 0 spiro atoms. The van der Waals surface area contributed by atoms with Crippen molar-refractivity contribution in [1.29, 1.82) is 0 Å². The molecule has 0 aromatic heterocycles. The van der Waals surface area contributed by atoms with Gasteiger partial charge in [0.05, 0.1) is 7.11 Å². The number of rotatable bonds is 5. The van der Waals surface area contributed by atoms with Gasteiger partial charge in [-0.2, -0.15) is 0 Å². The lowest BCUT2D eigenvalue weighted by Crippen LogP contribution is -2.59. The Morgan fingerprint density at radius 3 is 2.70 bits per heavy atom. The molecular formula is C14H23NO5. The normalized spacial score (nSPS) is 36.0. The van der Waals surface area contributed by atoms with Crippen LogP contribution in [0.4, 0.5) is 0 Å². The first-order valence-corrected chi connectivity index (χ1v) is 6.96. The number of nitrogens with zero attached hydrogens (tertiary/aromatic N) is 1. The van der Waals surface area contributed by atoms with Crippen molar-refractivity contribution < 1.29 is 23.8 Å². The van der Waals surface area contributed by atoms with Crippen LogP contribution in [0.15, 0.2) is 0 Å². The summed E-state index contributed by atoms with van der Waals surface area (Å²) in [4.78, 5) is 26.0. The van der Waals surface area contributed by atoms with Crippen LogP contribution in [0.2, 0.25) is 0 Å². The van der Waals surface area contributed by atoms with Gasteiger partial charge in [-0.1, -0.05) is 13.8 Å². The first kappa shape index (κ1) is 15.3. The summed E-state index contributed by atoms with van der Waals surface area (Å²) in [5.74, 6) is -0.560. The van der Waals surface area contributed by atoms with E-state index in [1.807, 2.05) is 0 Å². The molecule has 2 heterocycles. The zero-order valence-electron chi connectivity index (χ0n) is 12.8. The molecular weight excluding hydrogens is 262 g/mol. The zero-order chi connectivity index (χ0) is 15.1. The summed E-state index contributed by atoms with van der Waals surface area (Å²) >= 11 is 0. The van der Waals surface area contributed by atoms with E-state index in [9.17, 15) is 9.59 Å². The third kappa shape index (κ3) is 2.02. The fourth-order valence-electron chi connectivity index (χ4n) is 2.83. The van der Waals surface area contributed by atoms with Crippen molar-refractivity contribution in [3.8, 4) is 0 Å². The van der Waals surface area contributed by atoms with Gasteiger partial charge in [-0.25, -0.2) is 4.79 Å². The Bertz CT molecular complexity index is 424. The number of amides is 1. The number of fused-ring (bicyclic) bond motifs is 2. The molecule has 2 bridgehead atoms. The molecule has 6 heteroatoms. The summed E-state index contributed by atoms with van der Waals surface area (Å²) < 4.78 is 16.3. The Labute approximate surface area is 119 Å². The maximum absolute atomic E-state index is 12.4. The molecule has 0 aromatic carbocycles. The predicted molar refractivity (Wildman–Crippen MR) is 70.8 cm³/mol. The molecule has 0 saturated carbocycles. The fraction of sp³-hybridized carbons (Fsp3) is 0.857. The van der Waals surface area contributed by atoms with E-state index in [0.717, 1.165) is 6.42 Å². The van der Waals surface area contributed by atoms with Crippen molar-refractivity contribution in [3.05, 3.63) is 0 Å². The number of piperidine rings is 1. The Kier molecular flexibility index (Phi) is 3.81. The molecule has 6 nitrogen and oxygen atoms in total. The van der Waals surface area contributed by atoms with Crippen molar-refractivity contribution in [2.75, 3.05) is 20.8 Å². The molecule has 0 aromatic rings. The number of hydrogen-bond donors (Lipinski definition) is 0. The minimum atomic E-state index is -1.63. The lowest BCUT2D eigenvalue weighted by molar-refractivity contribution is -0.178. The van der Waals surface area contributed by atoms with Gasteiger partial charge < -0.3 is 19.1 Å². The van der Waals surface area contributed by atoms with E-state index < -0.39 is 23.4 Å². The van der Waals surface area contributed by atoms with Crippen LogP contribution in [0.3, 0.4) is 0 Å². The molecule has 3 atom stereocenters. The highest BCUT2D eigenvalue weighted by atomic mass is 16.6. The number of esters is 1. The van der Waals surface area contributed by atoms with Gasteiger partial charge in [0.15, 0.2) is 0 Å². The van der Waals surface area contributed by atoms with E-state index in [0.29, 0.717) is 18.9 Å². The number of hydrogen-bond acceptors (Lipinski definition) is 5. The summed E-state index contributed by atoms with van der Waals surface area (Å²) in [5, 5.41) is 0. The molecule has 0 N–H and O–H groups in total. The van der Waals surface area contributed by atoms with Gasteiger partial charge in [-0.05, 0) is 19.3 Å². The van der Waals surface area contributed by atoms with Gasteiger partial charge in [0.1, 0.15) is 11.8 Å². The first-order valence-electron chi connectivity index (χ1n) is 6.96. The highest BCUT2D eigenvalue weighted by Crippen LogP contribution is 2.49. The summed E-state index contributed by atoms with van der Waals surface area (Å²) in [5.41, 5.74) is -2.43. The minimum absolute atomic E-state index is 0.382. The van der Waals surface area contributed by atoms with Gasteiger partial charge >= 0.3 is 5.97 Å². The van der Waals surface area contributed by atoms with E-state index in [1.54, 1.807) is 14.0 Å². The second-order valence-electron chi connectivity index (χ2n) is 6.11. The number of likely N-dealkylation sites (tertiary alicyclic amines) is 1. The highest BCUT2D eigenvalue weighted by Gasteiger charge is 2.73. The number of carbonyl (C=O) groups excluding carboxylic acids is 2. The van der Waals surface area contributed by atoms with Gasteiger partial charge in [-0.15, -0.1) is 0 Å². The smallest absolute Gasteiger partial charge is 0.351 e. The van der Waals surface area contributed by atoms with Crippen LogP contribution in [0, 0.1) is 5.92 Å². The topological polar surface area (TPSA) is 65.1 Å². The zero-order valence-corrected chi connectivity index (χ0v) is 12.8. The highest BCUT2D eigenvalue weighted by molar-refractivity contribution is 6.09. The van der Waals surface area contributed by atoms with Crippen LogP contribution < -0.4 is 0 Å². The van der Waals surface area contributed by atoms with E-state index in [1.165, 1.54) is 12.0 Å². The molecule has 0 radical (unpaired) electrons. The molecule has 114 valence electrons. The molecule has 2 rings (SSSR count). The van der Waals surface area contributed by atoms with Crippen molar-refractivity contribution >= 4 is 11.9 Å². The molecule has 0 aliphatic carbocycles. The Morgan fingerprint density at radius 1 is 1.55 bits per heavy atom. The maximum Gasteiger partial charge on any atom is 0.351 e. The SMILES string of the molecule is COC(=O)[C@]12O[C@](C)(C[C@H]1OCCC(C)C)N(C)C2=O. The molecule has 2 fully saturated rings. The Hall–Kier alpha value is -1.14. The van der Waals surface area contributed by atoms with Gasteiger partial charge in [0, 0.05) is 20.1 Å². The van der Waals surface area contributed by atoms with E-state index in [4.69, 9.17) is 14.2 Å². The Balaban J connectivity index is 2.21. The predicted octanol–water partition coefficient (Wildman–Crippen LogP) is 0.938. The van der Waals surface area contributed by atoms with Crippen LogP contribution in [-0.2, 0) is 23.8 Å². The molecule has 0 unspecified atom stereocenters. The maximum atomic E-state index is 12.4. The molecule has 2 aliphatic heterocycles. The lowest BCUT2D eigenvalue weighted by atomic mass is 9.89. The van der Waals surface area contributed by atoms with Gasteiger partial charge in [0.25, 0.3) is 11.5 Å². The second-order valence-corrected chi connectivity index (χ2v) is 6.11. The quantitative estimate of drug-likeness (QED) is 0.555. The Morgan fingerprint density at radius 2 is 2.20 bits per heavy atom. The third-order valence-corrected chi connectivity index (χ3v) is 4.23. The van der Waals surface area contributed by atoms with Crippen molar-refractivity contribution in [1.82, 2.24) is 4.90 Å². The van der Waals surface area contributed by atoms with Crippen molar-refractivity contribution in [2.24, 2.45) is 5.92 Å². The summed E-state index contributed by atoms with van der Waals surface area (Å²) in [6, 6.07) is 0. The fourth-order valence-corrected chi connectivity index (χ4v) is 2.83. The minimum Gasteiger partial charge on any atom is -0.466 e. The average molecular weight is 285 g/mol. The largest absolute Gasteiger partial charge is 0.466 e. The standard InChI is InChI=1S/C14H23NO5/c1-9(2)6-7-19-10-8-13(3)15(4)11(16)14(10,20-13)12(17)18-5/h9-10H,6-8H2,1-5H3/t10-,13-,14+/m1/s1. The van der Waals surface area contributed by atoms with E-state index in [-0.39, 0.29) is 5.91 Å². The van der Waals surface area contributed by atoms with Gasteiger partial charge in [0.2, 0.25) is 0 Å². The molecule has 1 amide bonds. The monoisotopic (exact) mass is 285 g/mol. The second kappa shape index (κ2) is 5.00. The third-order valence-electron chi connectivity index (χ3n) is 4.23. The first-order chi connectivity index (χ1) is 9.28. The number of carbonyl (C=O) groups is 2. The summed E-state index contributed by atoms with van der Waals surface area (Å²) in [7, 11) is 2.89. The van der Waals surface area contributed by atoms with Crippen LogP contribution in [0.5, 0.6) is 0 Å². The average Bonchev–Trinajstić information content (AvgIpc) is 2.79. The van der Waals surface area contributed by atoms with Crippen LogP contribution in [0.25, 0.3) is 0 Å². The van der Waals surface area contributed by atoms with Crippen LogP contribution in [0.1, 0.15) is 33.6 Å². The number of likely N-dealkylation sites (N-methyl/N-ethyl adjacent to an activating group) is 1. The number of ether oxygens (including phenoxy) is 3.